The van der Waals surface area contributed by atoms with Crippen LogP contribution in [0.25, 0.3) is 11.1 Å². The third-order valence-electron chi connectivity index (χ3n) is 4.14. The fraction of sp³-hybridized carbons (Fsp3) is 0.100. The second-order valence-corrected chi connectivity index (χ2v) is 6.89. The van der Waals surface area contributed by atoms with Gasteiger partial charge in [-0.2, -0.15) is 0 Å². The largest absolute Gasteiger partial charge is 0.487 e. The van der Waals surface area contributed by atoms with E-state index >= 15 is 0 Å². The Balaban J connectivity index is 2.15. The summed E-state index contributed by atoms with van der Waals surface area (Å²) < 4.78 is 61.5. The molecule has 3 aromatic rings. The van der Waals surface area contributed by atoms with Crippen molar-refractivity contribution in [3.8, 4) is 16.9 Å². The van der Waals surface area contributed by atoms with Gasteiger partial charge in [0.05, 0.1) is 11.1 Å². The van der Waals surface area contributed by atoms with E-state index in [1.54, 1.807) is 0 Å². The lowest BCUT2D eigenvalue weighted by Crippen LogP contribution is -2.14. The van der Waals surface area contributed by atoms with Gasteiger partial charge in [-0.15, -0.1) is 0 Å². The van der Waals surface area contributed by atoms with Crippen LogP contribution in [0.3, 0.4) is 0 Å². The fourth-order valence-electron chi connectivity index (χ4n) is 2.80. The number of aromatic amines is 1. The minimum atomic E-state index is -1.05. The molecule has 1 heterocycles. The van der Waals surface area contributed by atoms with Crippen LogP contribution in [0.15, 0.2) is 39.6 Å². The van der Waals surface area contributed by atoms with Crippen LogP contribution in [0.5, 0.6) is 5.75 Å². The highest BCUT2D eigenvalue weighted by molar-refractivity contribution is 9.10. The van der Waals surface area contributed by atoms with Crippen LogP contribution >= 0.6 is 15.9 Å². The summed E-state index contributed by atoms with van der Waals surface area (Å²) in [6.07, 6.45) is 0.292. The van der Waals surface area contributed by atoms with Gasteiger partial charge in [-0.25, -0.2) is 17.6 Å². The summed E-state index contributed by atoms with van der Waals surface area (Å²) in [6, 6.07) is 4.52. The Morgan fingerprint density at radius 3 is 2.28 bits per heavy atom. The average Bonchev–Trinajstić information content (AvgIpc) is 2.65. The number of pyridine rings is 1. The number of aryl methyl sites for hydroxylation is 1. The van der Waals surface area contributed by atoms with E-state index in [1.807, 2.05) is 0 Å². The smallest absolute Gasteiger partial charge is 0.266 e. The van der Waals surface area contributed by atoms with E-state index < -0.39 is 41.0 Å². The molecule has 2 aromatic carbocycles. The summed E-state index contributed by atoms with van der Waals surface area (Å²) in [5, 5.41) is 0. The fourth-order valence-corrected chi connectivity index (χ4v) is 3.21. The number of nitrogens with one attached hydrogen (secondary N) is 1. The average molecular weight is 470 g/mol. The van der Waals surface area contributed by atoms with Gasteiger partial charge in [0.2, 0.25) is 0 Å². The van der Waals surface area contributed by atoms with Crippen molar-refractivity contribution in [2.24, 2.45) is 0 Å². The van der Waals surface area contributed by atoms with E-state index in [-0.39, 0.29) is 32.6 Å². The van der Waals surface area contributed by atoms with Crippen molar-refractivity contribution in [3.05, 3.63) is 85.2 Å². The summed E-state index contributed by atoms with van der Waals surface area (Å²) in [4.78, 5) is 25.4. The highest BCUT2D eigenvalue weighted by Crippen LogP contribution is 2.39. The molecule has 0 aliphatic heterocycles. The summed E-state index contributed by atoms with van der Waals surface area (Å²) in [5.74, 6) is -3.98. The van der Waals surface area contributed by atoms with E-state index in [2.05, 4.69) is 20.9 Å². The molecule has 0 aliphatic rings. The lowest BCUT2D eigenvalue weighted by molar-refractivity contribution is 0.112. The summed E-state index contributed by atoms with van der Waals surface area (Å²) in [5.41, 5.74) is -1.43. The maximum atomic E-state index is 14.6. The first-order valence-corrected chi connectivity index (χ1v) is 8.96. The van der Waals surface area contributed by atoms with Crippen molar-refractivity contribution >= 4 is 22.2 Å². The molecule has 3 rings (SSSR count). The van der Waals surface area contributed by atoms with Crippen molar-refractivity contribution in [3.63, 3.8) is 0 Å². The van der Waals surface area contributed by atoms with Crippen molar-refractivity contribution in [2.45, 2.75) is 13.5 Å². The van der Waals surface area contributed by atoms with Crippen LogP contribution in [0, 0.1) is 30.2 Å². The van der Waals surface area contributed by atoms with Crippen LogP contribution in [0.1, 0.15) is 21.6 Å². The monoisotopic (exact) mass is 469 g/mol. The number of benzene rings is 2. The van der Waals surface area contributed by atoms with E-state index in [9.17, 15) is 27.2 Å². The van der Waals surface area contributed by atoms with Gasteiger partial charge >= 0.3 is 0 Å². The standard InChI is InChI=1S/C20H12BrF4NO3/c1-9-16(17-14(24)4-10(7-27)5-15(17)25)19(18(21)20(28)26-9)29-8-11-2-3-12(22)6-13(11)23/h2-7H,8H2,1H3,(H,26,28). The van der Waals surface area contributed by atoms with Crippen LogP contribution in [-0.2, 0) is 6.61 Å². The number of hydrogen-bond donors (Lipinski definition) is 1. The van der Waals surface area contributed by atoms with E-state index in [1.165, 1.54) is 6.92 Å². The molecule has 0 saturated heterocycles. The van der Waals surface area contributed by atoms with Gasteiger partial charge in [-0.1, -0.05) is 0 Å². The van der Waals surface area contributed by atoms with Crippen LogP contribution in [0.4, 0.5) is 17.6 Å². The zero-order valence-electron chi connectivity index (χ0n) is 14.8. The Bertz CT molecular complexity index is 1150. The van der Waals surface area contributed by atoms with Crippen molar-refractivity contribution in [1.29, 1.82) is 0 Å². The normalized spacial score (nSPS) is 10.8. The number of ether oxygens (including phenoxy) is 1. The molecule has 0 fully saturated rings. The number of carbonyl (C=O) groups excluding carboxylic acids is 1. The highest BCUT2D eigenvalue weighted by atomic mass is 79.9. The molecule has 0 unspecified atom stereocenters. The van der Waals surface area contributed by atoms with Gasteiger partial charge in [-0.3, -0.25) is 9.59 Å². The molecule has 4 nitrogen and oxygen atoms in total. The molecule has 9 heteroatoms. The Labute approximate surface area is 170 Å². The maximum absolute atomic E-state index is 14.6. The lowest BCUT2D eigenvalue weighted by atomic mass is 10.00. The molecule has 0 bridgehead atoms. The van der Waals surface area contributed by atoms with E-state index in [0.717, 1.165) is 24.3 Å². The van der Waals surface area contributed by atoms with Crippen molar-refractivity contribution in [1.82, 2.24) is 4.98 Å². The van der Waals surface area contributed by atoms with Gasteiger partial charge in [0.1, 0.15) is 46.4 Å². The topological polar surface area (TPSA) is 59.2 Å². The maximum Gasteiger partial charge on any atom is 0.266 e. The van der Waals surface area contributed by atoms with E-state index in [4.69, 9.17) is 4.74 Å². The third kappa shape index (κ3) is 4.09. The molecule has 1 N–H and O–H groups in total. The van der Waals surface area contributed by atoms with Gasteiger partial charge in [-0.05, 0) is 47.1 Å². The zero-order chi connectivity index (χ0) is 21.3. The number of carbonyl (C=O) groups is 1. The Morgan fingerprint density at radius 1 is 1.03 bits per heavy atom. The van der Waals surface area contributed by atoms with Crippen LogP contribution in [-0.4, -0.2) is 11.3 Å². The summed E-state index contributed by atoms with van der Waals surface area (Å²) >= 11 is 3.02. The predicted molar refractivity (Wildman–Crippen MR) is 101 cm³/mol. The summed E-state index contributed by atoms with van der Waals surface area (Å²) in [7, 11) is 0. The lowest BCUT2D eigenvalue weighted by Gasteiger charge is -2.17. The Morgan fingerprint density at radius 2 is 1.69 bits per heavy atom. The first kappa shape index (κ1) is 20.8. The molecule has 0 aliphatic carbocycles. The van der Waals surface area contributed by atoms with Crippen LogP contribution < -0.4 is 10.3 Å². The molecule has 150 valence electrons. The summed E-state index contributed by atoms with van der Waals surface area (Å²) in [6.45, 7) is 0.970. The number of rotatable bonds is 5. The molecular weight excluding hydrogens is 458 g/mol. The minimum absolute atomic E-state index is 0.0283. The highest BCUT2D eigenvalue weighted by Gasteiger charge is 2.24. The molecule has 0 amide bonds. The second-order valence-electron chi connectivity index (χ2n) is 6.10. The number of aromatic nitrogens is 1. The van der Waals surface area contributed by atoms with E-state index in [0.29, 0.717) is 12.4 Å². The number of hydrogen-bond acceptors (Lipinski definition) is 3. The number of H-pyrrole nitrogens is 1. The first-order chi connectivity index (χ1) is 13.7. The van der Waals surface area contributed by atoms with Gasteiger partial charge < -0.3 is 9.72 Å². The molecular formula is C20H12BrF4NO3. The Hall–Kier alpha value is -2.94. The quantitative estimate of drug-likeness (QED) is 0.419. The van der Waals surface area contributed by atoms with Crippen LogP contribution in [0.2, 0.25) is 0 Å². The predicted octanol–water partition coefficient (Wildman–Crippen LogP) is 5.06. The minimum Gasteiger partial charge on any atom is -0.487 e. The zero-order valence-corrected chi connectivity index (χ0v) is 16.4. The molecule has 29 heavy (non-hydrogen) atoms. The molecule has 0 spiro atoms. The van der Waals surface area contributed by atoms with Gasteiger partial charge in [0.25, 0.3) is 5.56 Å². The molecule has 0 saturated carbocycles. The van der Waals surface area contributed by atoms with Gasteiger partial charge in [0.15, 0.2) is 0 Å². The second kappa shape index (κ2) is 8.20. The SMILES string of the molecule is Cc1[nH]c(=O)c(Br)c(OCc2ccc(F)cc2F)c1-c1c(F)cc(C=O)cc1F. The molecule has 0 radical (unpaired) electrons. The third-order valence-corrected chi connectivity index (χ3v) is 4.86. The van der Waals surface area contributed by atoms with Gasteiger partial charge in [0, 0.05) is 22.9 Å². The molecule has 1 aromatic heterocycles. The first-order valence-electron chi connectivity index (χ1n) is 8.16. The Kier molecular flexibility index (Phi) is 5.88. The number of halogens is 5. The number of aldehydes is 1. The molecule has 0 atom stereocenters. The van der Waals surface area contributed by atoms with Crippen molar-refractivity contribution in [2.75, 3.05) is 0 Å². The van der Waals surface area contributed by atoms with Crippen molar-refractivity contribution < 1.29 is 27.1 Å².